The van der Waals surface area contributed by atoms with Crippen molar-refractivity contribution in [1.82, 2.24) is 25.8 Å². The average Bonchev–Trinajstić information content (AvgIpc) is 3.17. The van der Waals surface area contributed by atoms with Gasteiger partial charge in [0.25, 0.3) is 11.8 Å². The second kappa shape index (κ2) is 8.08. The summed E-state index contributed by atoms with van der Waals surface area (Å²) in [7, 11) is 0. The van der Waals surface area contributed by atoms with Crippen LogP contribution in [0.2, 0.25) is 5.02 Å². The van der Waals surface area contributed by atoms with Gasteiger partial charge in [0.2, 0.25) is 5.82 Å². The molecule has 11 heteroatoms. The van der Waals surface area contributed by atoms with E-state index in [1.165, 1.54) is 12.1 Å². The molecule has 0 aliphatic heterocycles. The molecule has 1 aromatic heterocycles. The van der Waals surface area contributed by atoms with E-state index < -0.39 is 34.8 Å². The van der Waals surface area contributed by atoms with Crippen LogP contribution < -0.4 is 15.4 Å². The van der Waals surface area contributed by atoms with E-state index in [0.717, 1.165) is 6.07 Å². The van der Waals surface area contributed by atoms with Crippen molar-refractivity contribution >= 4 is 23.4 Å². The van der Waals surface area contributed by atoms with Gasteiger partial charge in [-0.25, -0.2) is 9.37 Å². The summed E-state index contributed by atoms with van der Waals surface area (Å²) in [5.41, 5.74) is -1.34. The number of H-pyrrole nitrogens is 1. The van der Waals surface area contributed by atoms with Crippen LogP contribution in [0.1, 0.15) is 48.5 Å². The quantitative estimate of drug-likeness (QED) is 0.528. The molecule has 166 valence electrons. The predicted molar refractivity (Wildman–Crippen MR) is 108 cm³/mol. The zero-order valence-electron chi connectivity index (χ0n) is 16.9. The molecular formula is C20H23ClFN5O4. The molecule has 9 nitrogen and oxygen atoms in total. The second-order valence-corrected chi connectivity index (χ2v) is 8.67. The highest BCUT2D eigenvalue weighted by Crippen LogP contribution is 2.47. The first-order valence-electron chi connectivity index (χ1n) is 9.99. The first kappa shape index (κ1) is 21.5. The minimum absolute atomic E-state index is 0.0306. The lowest BCUT2D eigenvalue weighted by atomic mass is 9.60. The van der Waals surface area contributed by atoms with Gasteiger partial charge in [0.1, 0.15) is 17.4 Å². The summed E-state index contributed by atoms with van der Waals surface area (Å²) in [6.07, 6.45) is 1.68. The van der Waals surface area contributed by atoms with Crippen molar-refractivity contribution < 1.29 is 23.8 Å². The highest BCUT2D eigenvalue weighted by atomic mass is 35.5. The Bertz CT molecular complexity index is 1010. The summed E-state index contributed by atoms with van der Waals surface area (Å²) >= 11 is 5.64. The van der Waals surface area contributed by atoms with Gasteiger partial charge in [-0.05, 0) is 51.2 Å². The molecule has 2 bridgehead atoms. The predicted octanol–water partition coefficient (Wildman–Crippen LogP) is 1.65. The summed E-state index contributed by atoms with van der Waals surface area (Å²) in [4.78, 5) is 29.0. The smallest absolute Gasteiger partial charge is 0.291 e. The van der Waals surface area contributed by atoms with Crippen LogP contribution in [0.3, 0.4) is 0 Å². The molecule has 1 aromatic carbocycles. The van der Waals surface area contributed by atoms with E-state index in [9.17, 15) is 19.1 Å². The molecule has 2 aromatic rings. The maximum absolute atomic E-state index is 13.5. The van der Waals surface area contributed by atoms with Crippen LogP contribution in [0.5, 0.6) is 5.75 Å². The van der Waals surface area contributed by atoms with Gasteiger partial charge in [0, 0.05) is 11.6 Å². The molecule has 3 aliphatic carbocycles. The number of aromatic nitrogens is 3. The number of fused-ring (bicyclic) bond motifs is 3. The number of aliphatic hydroxyl groups is 1. The number of aliphatic hydroxyl groups excluding tert-OH is 1. The molecule has 1 heterocycles. The summed E-state index contributed by atoms with van der Waals surface area (Å²) in [6.45, 7) is 1.39. The maximum Gasteiger partial charge on any atom is 0.291 e. The van der Waals surface area contributed by atoms with Crippen LogP contribution in [-0.2, 0) is 4.79 Å². The topological polar surface area (TPSA) is 129 Å². The van der Waals surface area contributed by atoms with Gasteiger partial charge in [0.15, 0.2) is 6.61 Å². The molecule has 1 atom stereocenters. The molecule has 0 saturated heterocycles. The van der Waals surface area contributed by atoms with Gasteiger partial charge in [-0.3, -0.25) is 14.7 Å². The highest BCUT2D eigenvalue weighted by molar-refractivity contribution is 6.30. The van der Waals surface area contributed by atoms with Crippen LogP contribution in [0.25, 0.3) is 0 Å². The summed E-state index contributed by atoms with van der Waals surface area (Å²) in [5, 5.41) is 23.1. The van der Waals surface area contributed by atoms with E-state index >= 15 is 0 Å². The third-order valence-electron chi connectivity index (χ3n) is 6.15. The molecular weight excluding hydrogens is 429 g/mol. The zero-order valence-corrected chi connectivity index (χ0v) is 17.6. The number of aromatic amines is 1. The van der Waals surface area contributed by atoms with Crippen molar-refractivity contribution in [3.05, 3.63) is 40.7 Å². The fraction of sp³-hybridized carbons (Fsp3) is 0.500. The van der Waals surface area contributed by atoms with E-state index in [2.05, 4.69) is 25.8 Å². The fourth-order valence-corrected chi connectivity index (χ4v) is 4.55. The van der Waals surface area contributed by atoms with Crippen molar-refractivity contribution in [3.8, 4) is 5.75 Å². The van der Waals surface area contributed by atoms with Crippen LogP contribution in [0.4, 0.5) is 4.39 Å². The third-order valence-corrected chi connectivity index (χ3v) is 6.46. The summed E-state index contributed by atoms with van der Waals surface area (Å²) in [6, 6.07) is 3.93. The number of hydrogen-bond donors (Lipinski definition) is 4. The van der Waals surface area contributed by atoms with Gasteiger partial charge in [-0.15, -0.1) is 5.10 Å². The lowest BCUT2D eigenvalue weighted by molar-refractivity contribution is -0.132. The Hall–Kier alpha value is -2.72. The number of ether oxygens (including phenoxy) is 1. The molecule has 3 saturated carbocycles. The van der Waals surface area contributed by atoms with E-state index in [4.69, 9.17) is 16.3 Å². The number of carbonyl (C=O) groups is 2. The van der Waals surface area contributed by atoms with Gasteiger partial charge in [-0.1, -0.05) is 11.6 Å². The largest absolute Gasteiger partial charge is 0.484 e. The maximum atomic E-state index is 13.5. The SMILES string of the molecule is Cc1nc(C(=O)NC23CCC(NC(=O)COc4ccc(Cl)c(F)c4)(CC2)[C@H](O)C3)n[nH]1. The number of rotatable bonds is 6. The standard InChI is InChI=1S/C20H23ClFN5O4/c1-11-23-17(27-26-11)18(30)25-19-4-6-20(7-5-19,15(28)9-19)24-16(29)10-31-12-2-3-13(21)14(22)8-12/h2-3,8,15,28H,4-7,9-10H2,1H3,(H,24,29)(H,25,30)(H,23,26,27)/t15-,19?,20?/m1/s1. The average molecular weight is 452 g/mol. The number of amides is 2. The normalized spacial score (nSPS) is 27.0. The molecule has 3 aliphatic rings. The van der Waals surface area contributed by atoms with Gasteiger partial charge in [0.05, 0.1) is 16.7 Å². The Morgan fingerprint density at radius 2 is 2.06 bits per heavy atom. The minimum Gasteiger partial charge on any atom is -0.484 e. The molecule has 0 unspecified atom stereocenters. The number of nitrogens with zero attached hydrogens (tertiary/aromatic N) is 2. The van der Waals surface area contributed by atoms with E-state index in [-0.39, 0.29) is 23.2 Å². The molecule has 2 amide bonds. The highest BCUT2D eigenvalue weighted by Gasteiger charge is 2.55. The van der Waals surface area contributed by atoms with E-state index in [1.54, 1.807) is 6.92 Å². The summed E-state index contributed by atoms with van der Waals surface area (Å²) < 4.78 is 18.8. The Morgan fingerprint density at radius 3 is 2.68 bits per heavy atom. The molecule has 4 N–H and O–H groups in total. The number of halogens is 2. The Labute approximate surface area is 182 Å². The first-order valence-corrected chi connectivity index (χ1v) is 10.4. The van der Waals surface area contributed by atoms with Crippen molar-refractivity contribution in [2.45, 2.75) is 56.2 Å². The molecule has 3 fully saturated rings. The molecule has 0 spiro atoms. The number of aryl methyl sites for hydroxylation is 1. The van der Waals surface area contributed by atoms with Crippen molar-refractivity contribution in [2.75, 3.05) is 6.61 Å². The number of hydrogen-bond acceptors (Lipinski definition) is 6. The van der Waals surface area contributed by atoms with Crippen LogP contribution in [0.15, 0.2) is 18.2 Å². The molecule has 0 radical (unpaired) electrons. The summed E-state index contributed by atoms with van der Waals surface area (Å²) in [5.74, 6) is -0.645. The monoisotopic (exact) mass is 451 g/mol. The molecule has 31 heavy (non-hydrogen) atoms. The number of nitrogens with one attached hydrogen (secondary N) is 3. The van der Waals surface area contributed by atoms with E-state index in [0.29, 0.717) is 37.9 Å². The zero-order chi connectivity index (χ0) is 22.2. The van der Waals surface area contributed by atoms with E-state index in [1.807, 2.05) is 0 Å². The van der Waals surface area contributed by atoms with Crippen LogP contribution >= 0.6 is 11.6 Å². The Balaban J connectivity index is 1.34. The van der Waals surface area contributed by atoms with Gasteiger partial charge < -0.3 is 20.5 Å². The lowest BCUT2D eigenvalue weighted by Gasteiger charge is -2.56. The van der Waals surface area contributed by atoms with Crippen molar-refractivity contribution in [1.29, 1.82) is 0 Å². The van der Waals surface area contributed by atoms with Crippen molar-refractivity contribution in [3.63, 3.8) is 0 Å². The number of carbonyl (C=O) groups excluding carboxylic acids is 2. The van der Waals surface area contributed by atoms with Crippen molar-refractivity contribution in [2.24, 2.45) is 0 Å². The van der Waals surface area contributed by atoms with Crippen LogP contribution in [0, 0.1) is 12.7 Å². The lowest BCUT2D eigenvalue weighted by Crippen LogP contribution is -2.70. The first-order chi connectivity index (χ1) is 14.7. The fourth-order valence-electron chi connectivity index (χ4n) is 4.43. The van der Waals surface area contributed by atoms with Gasteiger partial charge >= 0.3 is 0 Å². The second-order valence-electron chi connectivity index (χ2n) is 8.27. The third kappa shape index (κ3) is 4.35. The molecule has 5 rings (SSSR count). The Kier molecular flexibility index (Phi) is 5.61. The van der Waals surface area contributed by atoms with Gasteiger partial charge in [-0.2, -0.15) is 0 Å². The minimum atomic E-state index is -0.832. The Morgan fingerprint density at radius 1 is 1.32 bits per heavy atom. The number of benzene rings is 1. The van der Waals surface area contributed by atoms with Crippen LogP contribution in [-0.4, -0.2) is 55.9 Å².